The highest BCUT2D eigenvalue weighted by atomic mass is 35.5. The lowest BCUT2D eigenvalue weighted by Crippen LogP contribution is -2.34. The minimum atomic E-state index is -0.262. The molecule has 1 heterocycles. The van der Waals surface area contributed by atoms with Crippen LogP contribution >= 0.6 is 11.6 Å². The molecule has 134 valence electrons. The van der Waals surface area contributed by atoms with Crippen LogP contribution in [0.4, 0.5) is 4.39 Å². The van der Waals surface area contributed by atoms with Gasteiger partial charge in [0.2, 0.25) is 0 Å². The van der Waals surface area contributed by atoms with Crippen molar-refractivity contribution in [3.8, 4) is 5.75 Å². The van der Waals surface area contributed by atoms with Crippen LogP contribution < -0.4 is 10.1 Å². The zero-order chi connectivity index (χ0) is 17.6. The Hall–Kier alpha value is -1.62. The Labute approximate surface area is 153 Å². The zero-order valence-electron chi connectivity index (χ0n) is 14.5. The molecule has 0 amide bonds. The molecule has 0 aliphatic carbocycles. The second-order valence-corrected chi connectivity index (χ2v) is 6.77. The molecule has 1 aliphatic heterocycles. The number of hydrogen-bond donors (Lipinski definition) is 1. The van der Waals surface area contributed by atoms with E-state index in [1.54, 1.807) is 19.2 Å². The Balaban J connectivity index is 1.69. The summed E-state index contributed by atoms with van der Waals surface area (Å²) in [5.41, 5.74) is 1.77. The first-order chi connectivity index (χ1) is 12.2. The molecule has 5 heteroatoms. The van der Waals surface area contributed by atoms with Crippen molar-refractivity contribution in [3.63, 3.8) is 0 Å². The third-order valence-corrected chi connectivity index (χ3v) is 5.14. The molecular weight excluding hydrogens is 339 g/mol. The second kappa shape index (κ2) is 8.65. The van der Waals surface area contributed by atoms with Gasteiger partial charge in [-0.1, -0.05) is 29.8 Å². The number of nitrogens with zero attached hydrogens (tertiary/aromatic N) is 1. The molecular formula is C20H24ClFN2O. The quantitative estimate of drug-likeness (QED) is 0.789. The van der Waals surface area contributed by atoms with Crippen LogP contribution in [-0.4, -0.2) is 31.6 Å². The van der Waals surface area contributed by atoms with Crippen molar-refractivity contribution in [3.05, 3.63) is 64.4 Å². The predicted octanol–water partition coefficient (Wildman–Crippen LogP) is 4.41. The van der Waals surface area contributed by atoms with Crippen molar-refractivity contribution in [1.29, 1.82) is 0 Å². The van der Waals surface area contributed by atoms with E-state index < -0.39 is 0 Å². The molecule has 3 rings (SSSR count). The number of rotatable bonds is 7. The molecule has 3 nitrogen and oxygen atoms in total. The van der Waals surface area contributed by atoms with E-state index >= 15 is 0 Å². The van der Waals surface area contributed by atoms with Crippen molar-refractivity contribution in [2.75, 3.05) is 26.7 Å². The van der Waals surface area contributed by atoms with Crippen molar-refractivity contribution >= 4 is 11.6 Å². The minimum absolute atomic E-state index is 0.262. The highest BCUT2D eigenvalue weighted by molar-refractivity contribution is 6.31. The van der Waals surface area contributed by atoms with Crippen molar-refractivity contribution in [2.45, 2.75) is 25.4 Å². The molecule has 1 fully saturated rings. The standard InChI is InChI=1S/C20H24ClFN2O/c1-25-16-9-7-15(8-10-16)20(24-11-2-3-12-24)14-23-13-17-18(21)5-4-6-19(17)22/h4-10,20,23H,2-3,11-14H2,1H3. The summed E-state index contributed by atoms with van der Waals surface area (Å²) in [4.78, 5) is 2.48. The van der Waals surface area contributed by atoms with Crippen molar-refractivity contribution < 1.29 is 9.13 Å². The summed E-state index contributed by atoms with van der Waals surface area (Å²) < 4.78 is 19.2. The van der Waals surface area contributed by atoms with Gasteiger partial charge in [-0.25, -0.2) is 4.39 Å². The number of nitrogens with one attached hydrogen (secondary N) is 1. The van der Waals surface area contributed by atoms with E-state index in [0.717, 1.165) is 25.4 Å². The average Bonchev–Trinajstić information content (AvgIpc) is 3.15. The van der Waals surface area contributed by atoms with E-state index in [2.05, 4.69) is 22.3 Å². The number of methoxy groups -OCH3 is 1. The topological polar surface area (TPSA) is 24.5 Å². The molecule has 1 unspecified atom stereocenters. The molecule has 0 bridgehead atoms. The van der Waals surface area contributed by atoms with E-state index in [0.29, 0.717) is 17.1 Å². The van der Waals surface area contributed by atoms with Gasteiger partial charge in [0.15, 0.2) is 0 Å². The normalized spacial score (nSPS) is 16.1. The van der Waals surface area contributed by atoms with Crippen LogP contribution in [0.5, 0.6) is 5.75 Å². The van der Waals surface area contributed by atoms with Crippen LogP contribution in [0.1, 0.15) is 30.0 Å². The fourth-order valence-corrected chi connectivity index (χ4v) is 3.60. The fraction of sp³-hybridized carbons (Fsp3) is 0.400. The minimum Gasteiger partial charge on any atom is -0.497 e. The van der Waals surface area contributed by atoms with E-state index in [-0.39, 0.29) is 11.9 Å². The molecule has 1 aliphatic rings. The van der Waals surface area contributed by atoms with Crippen LogP contribution in [0, 0.1) is 5.82 Å². The van der Waals surface area contributed by atoms with Crippen LogP contribution in [0.3, 0.4) is 0 Å². The first-order valence-electron chi connectivity index (χ1n) is 8.70. The van der Waals surface area contributed by atoms with Crippen molar-refractivity contribution in [1.82, 2.24) is 10.2 Å². The number of halogens is 2. The van der Waals surface area contributed by atoms with Gasteiger partial charge in [-0.2, -0.15) is 0 Å². The van der Waals surface area contributed by atoms with Gasteiger partial charge in [0, 0.05) is 29.7 Å². The lowest BCUT2D eigenvalue weighted by molar-refractivity contribution is 0.238. The summed E-state index contributed by atoms with van der Waals surface area (Å²) in [6.45, 7) is 3.36. The first-order valence-corrected chi connectivity index (χ1v) is 9.08. The van der Waals surface area contributed by atoms with Crippen LogP contribution in [0.15, 0.2) is 42.5 Å². The smallest absolute Gasteiger partial charge is 0.129 e. The second-order valence-electron chi connectivity index (χ2n) is 6.36. The average molecular weight is 363 g/mol. The monoisotopic (exact) mass is 362 g/mol. The molecule has 0 radical (unpaired) electrons. The number of ether oxygens (including phenoxy) is 1. The molecule has 25 heavy (non-hydrogen) atoms. The Bertz CT molecular complexity index is 666. The van der Waals surface area contributed by atoms with Gasteiger partial charge in [0.05, 0.1) is 7.11 Å². The Morgan fingerprint density at radius 2 is 1.88 bits per heavy atom. The van der Waals surface area contributed by atoms with Gasteiger partial charge in [0.1, 0.15) is 11.6 Å². The highest BCUT2D eigenvalue weighted by Gasteiger charge is 2.23. The lowest BCUT2D eigenvalue weighted by atomic mass is 10.0. The highest BCUT2D eigenvalue weighted by Crippen LogP contribution is 2.26. The Morgan fingerprint density at radius 3 is 2.52 bits per heavy atom. The van der Waals surface area contributed by atoms with E-state index in [1.807, 2.05) is 12.1 Å². The zero-order valence-corrected chi connectivity index (χ0v) is 15.2. The fourth-order valence-electron chi connectivity index (χ4n) is 3.37. The Kier molecular flexibility index (Phi) is 6.29. The number of hydrogen-bond acceptors (Lipinski definition) is 3. The van der Waals surface area contributed by atoms with Crippen LogP contribution in [0.25, 0.3) is 0 Å². The van der Waals surface area contributed by atoms with Gasteiger partial charge in [-0.15, -0.1) is 0 Å². The Morgan fingerprint density at radius 1 is 1.16 bits per heavy atom. The predicted molar refractivity (Wildman–Crippen MR) is 99.7 cm³/mol. The molecule has 0 spiro atoms. The molecule has 2 aromatic rings. The molecule has 0 aromatic heterocycles. The third-order valence-electron chi connectivity index (χ3n) is 4.78. The largest absolute Gasteiger partial charge is 0.497 e. The summed E-state index contributed by atoms with van der Waals surface area (Å²) in [7, 11) is 1.67. The number of likely N-dealkylation sites (tertiary alicyclic amines) is 1. The van der Waals surface area contributed by atoms with E-state index in [9.17, 15) is 4.39 Å². The van der Waals surface area contributed by atoms with Gasteiger partial charge in [-0.3, -0.25) is 4.90 Å². The van der Waals surface area contributed by atoms with E-state index in [4.69, 9.17) is 16.3 Å². The molecule has 1 atom stereocenters. The maximum atomic E-state index is 13.9. The summed E-state index contributed by atoms with van der Waals surface area (Å²) in [6.07, 6.45) is 2.46. The lowest BCUT2D eigenvalue weighted by Gasteiger charge is -2.28. The summed E-state index contributed by atoms with van der Waals surface area (Å²) in [5.74, 6) is 0.595. The SMILES string of the molecule is COc1ccc(C(CNCc2c(F)cccc2Cl)N2CCCC2)cc1. The summed E-state index contributed by atoms with van der Waals surface area (Å²) >= 11 is 6.12. The number of benzene rings is 2. The van der Waals surface area contributed by atoms with Gasteiger partial charge < -0.3 is 10.1 Å². The summed E-state index contributed by atoms with van der Waals surface area (Å²) in [5, 5.41) is 3.86. The molecule has 0 saturated carbocycles. The molecule has 1 saturated heterocycles. The molecule has 2 aromatic carbocycles. The third kappa shape index (κ3) is 4.51. The van der Waals surface area contributed by atoms with Gasteiger partial charge in [0.25, 0.3) is 0 Å². The van der Waals surface area contributed by atoms with Gasteiger partial charge >= 0.3 is 0 Å². The maximum Gasteiger partial charge on any atom is 0.129 e. The van der Waals surface area contributed by atoms with Gasteiger partial charge in [-0.05, 0) is 55.8 Å². The molecule has 1 N–H and O–H groups in total. The maximum absolute atomic E-state index is 13.9. The van der Waals surface area contributed by atoms with Crippen molar-refractivity contribution in [2.24, 2.45) is 0 Å². The van der Waals surface area contributed by atoms with E-state index in [1.165, 1.54) is 24.5 Å². The first kappa shape index (κ1) is 18.2. The van der Waals surface area contributed by atoms with Crippen LogP contribution in [-0.2, 0) is 6.54 Å². The van der Waals surface area contributed by atoms with Crippen LogP contribution in [0.2, 0.25) is 5.02 Å². The summed E-state index contributed by atoms with van der Waals surface area (Å²) in [6, 6.07) is 13.3.